The van der Waals surface area contributed by atoms with Gasteiger partial charge in [0, 0.05) is 5.92 Å². The van der Waals surface area contributed by atoms with Crippen LogP contribution in [0.1, 0.15) is 24.4 Å². The summed E-state index contributed by atoms with van der Waals surface area (Å²) in [5, 5.41) is 8.96. The number of hydrogen-bond donors (Lipinski definition) is 1. The van der Waals surface area contributed by atoms with Crippen molar-refractivity contribution < 1.29 is 13.9 Å². The lowest BCUT2D eigenvalue weighted by Gasteiger charge is -2.00. The van der Waals surface area contributed by atoms with Gasteiger partial charge in [-0.05, 0) is 19.1 Å². The molecule has 2 rings (SSSR count). The van der Waals surface area contributed by atoms with Gasteiger partial charge in [-0.25, -0.2) is 4.98 Å². The highest BCUT2D eigenvalue weighted by atomic mass is 16.4. The molecule has 1 N–H and O–H groups in total. The summed E-state index contributed by atoms with van der Waals surface area (Å²) >= 11 is 0. The highest BCUT2D eigenvalue weighted by molar-refractivity contribution is 5.44. The van der Waals surface area contributed by atoms with Crippen molar-refractivity contribution in [3.8, 4) is 11.7 Å². The standard InChI is InChI=1S/C11H13NO3/c1-7(6-13)10-5-12-11(15-10)9-4-3-8(2)14-9/h3-5,7,13H,6H2,1-2H3. The predicted octanol–water partition coefficient (Wildman–Crippen LogP) is 2.34. The molecule has 2 heterocycles. The Hall–Kier alpha value is -1.55. The minimum Gasteiger partial charge on any atom is -0.456 e. The number of nitrogens with zero attached hydrogens (tertiary/aromatic N) is 1. The highest BCUT2D eigenvalue weighted by Crippen LogP contribution is 2.24. The molecule has 0 aliphatic rings. The van der Waals surface area contributed by atoms with Crippen LogP contribution in [0.25, 0.3) is 11.7 Å². The van der Waals surface area contributed by atoms with Crippen LogP contribution in [0.3, 0.4) is 0 Å². The second-order valence-corrected chi connectivity index (χ2v) is 3.56. The number of rotatable bonds is 3. The van der Waals surface area contributed by atoms with Crippen LogP contribution in [0.2, 0.25) is 0 Å². The molecule has 0 aliphatic carbocycles. The van der Waals surface area contributed by atoms with Crippen molar-refractivity contribution in [1.29, 1.82) is 0 Å². The summed E-state index contributed by atoms with van der Waals surface area (Å²) in [6.45, 7) is 3.78. The summed E-state index contributed by atoms with van der Waals surface area (Å²) in [6, 6.07) is 3.67. The summed E-state index contributed by atoms with van der Waals surface area (Å²) < 4.78 is 10.8. The summed E-state index contributed by atoms with van der Waals surface area (Å²) in [5.41, 5.74) is 0. The second kappa shape index (κ2) is 3.90. The first-order valence-corrected chi connectivity index (χ1v) is 4.84. The summed E-state index contributed by atoms with van der Waals surface area (Å²) in [7, 11) is 0. The van der Waals surface area contributed by atoms with Crippen LogP contribution in [0, 0.1) is 6.92 Å². The van der Waals surface area contributed by atoms with Crippen molar-refractivity contribution in [2.24, 2.45) is 0 Å². The molecule has 2 aromatic rings. The van der Waals surface area contributed by atoms with Gasteiger partial charge in [0.05, 0.1) is 12.8 Å². The number of aromatic nitrogens is 1. The lowest BCUT2D eigenvalue weighted by Crippen LogP contribution is -1.96. The Labute approximate surface area is 87.6 Å². The van der Waals surface area contributed by atoms with Crippen molar-refractivity contribution >= 4 is 0 Å². The number of aliphatic hydroxyl groups excluding tert-OH is 1. The van der Waals surface area contributed by atoms with E-state index in [-0.39, 0.29) is 12.5 Å². The maximum Gasteiger partial charge on any atom is 0.263 e. The van der Waals surface area contributed by atoms with Gasteiger partial charge in [-0.3, -0.25) is 0 Å². The van der Waals surface area contributed by atoms with E-state index in [1.807, 2.05) is 26.0 Å². The van der Waals surface area contributed by atoms with Crippen molar-refractivity contribution in [2.45, 2.75) is 19.8 Å². The molecule has 0 fully saturated rings. The van der Waals surface area contributed by atoms with Gasteiger partial charge in [0.15, 0.2) is 5.76 Å². The SMILES string of the molecule is Cc1ccc(-c2ncc(C(C)CO)o2)o1. The van der Waals surface area contributed by atoms with Gasteiger partial charge in [0.2, 0.25) is 0 Å². The number of hydrogen-bond acceptors (Lipinski definition) is 4. The summed E-state index contributed by atoms with van der Waals surface area (Å²) in [6.07, 6.45) is 1.62. The van der Waals surface area contributed by atoms with Crippen LogP contribution in [-0.2, 0) is 0 Å². The van der Waals surface area contributed by atoms with Crippen LogP contribution in [0.4, 0.5) is 0 Å². The van der Waals surface area contributed by atoms with Crippen molar-refractivity contribution in [3.05, 3.63) is 29.9 Å². The molecular formula is C11H13NO3. The van der Waals surface area contributed by atoms with E-state index in [0.29, 0.717) is 17.4 Å². The molecule has 0 saturated carbocycles. The first kappa shape index (κ1) is 9.98. The fraction of sp³-hybridized carbons (Fsp3) is 0.364. The molecule has 0 bridgehead atoms. The van der Waals surface area contributed by atoms with Crippen LogP contribution >= 0.6 is 0 Å². The fourth-order valence-electron chi connectivity index (χ4n) is 1.27. The highest BCUT2D eigenvalue weighted by Gasteiger charge is 2.13. The second-order valence-electron chi connectivity index (χ2n) is 3.56. The molecule has 1 unspecified atom stereocenters. The molecule has 0 radical (unpaired) electrons. The monoisotopic (exact) mass is 207 g/mol. The van der Waals surface area contributed by atoms with Crippen molar-refractivity contribution in [3.63, 3.8) is 0 Å². The maximum absolute atomic E-state index is 8.96. The molecule has 0 aromatic carbocycles. The number of oxazole rings is 1. The molecule has 1 atom stereocenters. The average Bonchev–Trinajstić information content (AvgIpc) is 2.84. The smallest absolute Gasteiger partial charge is 0.263 e. The topological polar surface area (TPSA) is 59.4 Å². The average molecular weight is 207 g/mol. The Kier molecular flexibility index (Phi) is 2.60. The van der Waals surface area contributed by atoms with Crippen LogP contribution < -0.4 is 0 Å². The van der Waals surface area contributed by atoms with E-state index >= 15 is 0 Å². The van der Waals surface area contributed by atoms with E-state index < -0.39 is 0 Å². The fourth-order valence-corrected chi connectivity index (χ4v) is 1.27. The lowest BCUT2D eigenvalue weighted by atomic mass is 10.1. The van der Waals surface area contributed by atoms with Gasteiger partial charge in [0.25, 0.3) is 5.89 Å². The van der Waals surface area contributed by atoms with E-state index in [0.717, 1.165) is 5.76 Å². The Morgan fingerprint density at radius 2 is 2.20 bits per heavy atom. The van der Waals surface area contributed by atoms with Gasteiger partial charge >= 0.3 is 0 Å². The van der Waals surface area contributed by atoms with E-state index in [9.17, 15) is 0 Å². The third kappa shape index (κ3) is 1.94. The third-order valence-corrected chi connectivity index (χ3v) is 2.23. The molecule has 4 nitrogen and oxygen atoms in total. The van der Waals surface area contributed by atoms with Crippen molar-refractivity contribution in [2.75, 3.05) is 6.61 Å². The van der Waals surface area contributed by atoms with Gasteiger partial charge in [-0.15, -0.1) is 0 Å². The maximum atomic E-state index is 8.96. The molecule has 2 aromatic heterocycles. The van der Waals surface area contributed by atoms with Gasteiger partial charge in [0.1, 0.15) is 11.5 Å². The lowest BCUT2D eigenvalue weighted by molar-refractivity contribution is 0.258. The molecular weight excluding hydrogens is 194 g/mol. The zero-order chi connectivity index (χ0) is 10.8. The van der Waals surface area contributed by atoms with E-state index in [4.69, 9.17) is 13.9 Å². The summed E-state index contributed by atoms with van der Waals surface area (Å²) in [4.78, 5) is 4.10. The minimum atomic E-state index is -0.0395. The Morgan fingerprint density at radius 1 is 1.40 bits per heavy atom. The zero-order valence-electron chi connectivity index (χ0n) is 8.73. The predicted molar refractivity (Wildman–Crippen MR) is 54.4 cm³/mol. The molecule has 0 amide bonds. The Balaban J connectivity index is 2.27. The van der Waals surface area contributed by atoms with E-state index in [1.54, 1.807) is 6.20 Å². The molecule has 80 valence electrons. The van der Waals surface area contributed by atoms with Gasteiger partial charge in [-0.2, -0.15) is 0 Å². The zero-order valence-corrected chi connectivity index (χ0v) is 8.73. The van der Waals surface area contributed by atoms with Crippen molar-refractivity contribution in [1.82, 2.24) is 4.98 Å². The first-order chi connectivity index (χ1) is 7.20. The summed E-state index contributed by atoms with van der Waals surface area (Å²) in [5.74, 6) is 2.52. The van der Waals surface area contributed by atoms with E-state index in [1.165, 1.54) is 0 Å². The minimum absolute atomic E-state index is 0.0395. The third-order valence-electron chi connectivity index (χ3n) is 2.23. The molecule has 4 heteroatoms. The van der Waals surface area contributed by atoms with Gasteiger partial charge in [-0.1, -0.05) is 6.92 Å². The Morgan fingerprint density at radius 3 is 2.80 bits per heavy atom. The first-order valence-electron chi connectivity index (χ1n) is 4.84. The van der Waals surface area contributed by atoms with Crippen LogP contribution in [0.5, 0.6) is 0 Å². The molecule has 0 saturated heterocycles. The number of furan rings is 1. The Bertz CT molecular complexity index is 444. The molecule has 0 spiro atoms. The van der Waals surface area contributed by atoms with Crippen LogP contribution in [-0.4, -0.2) is 16.7 Å². The molecule has 15 heavy (non-hydrogen) atoms. The quantitative estimate of drug-likeness (QED) is 0.839. The van der Waals surface area contributed by atoms with Gasteiger partial charge < -0.3 is 13.9 Å². The van der Waals surface area contributed by atoms with Crippen LogP contribution in [0.15, 0.2) is 27.2 Å². The van der Waals surface area contributed by atoms with E-state index in [2.05, 4.69) is 4.98 Å². The largest absolute Gasteiger partial charge is 0.456 e. The normalized spacial score (nSPS) is 13.0. The number of aryl methyl sites for hydroxylation is 1. The molecule has 0 aliphatic heterocycles. The number of aliphatic hydroxyl groups is 1.